The molecule has 51 heavy (non-hydrogen) atoms. The standard InChI is InChI=1S/C36H50N10O4S/c1-23(2)30(33(47)48-7)44(6)22-28(39-5)49-19-9-8-16-45-17-11-18-46(24(3)21-45)35-40-15-13-26(41-35)32-42-34(50-43-32)36(4)14-10-12-27-29(36)25(20-37)31(38)51-27/h13,15,22-24,30H,5,8-12,14,16-19,21,38H2,1-4,6-7H3/b28-22+/t24-,30?,36-/m0/s1. The Kier molecular flexibility index (Phi) is 12.3. The summed E-state index contributed by atoms with van der Waals surface area (Å²) in [6.45, 7) is 15.9. The molecule has 274 valence electrons. The van der Waals surface area contributed by atoms with E-state index in [-0.39, 0.29) is 17.9 Å². The summed E-state index contributed by atoms with van der Waals surface area (Å²) >= 11 is 1.48. The smallest absolute Gasteiger partial charge is 0.328 e. The normalized spacial score (nSPS) is 20.3. The third-order valence-corrected chi connectivity index (χ3v) is 10.9. The molecule has 3 aromatic rings. The van der Waals surface area contributed by atoms with Gasteiger partial charge in [0.1, 0.15) is 22.8 Å². The van der Waals surface area contributed by atoms with E-state index in [9.17, 15) is 10.1 Å². The molecule has 0 bridgehead atoms. The van der Waals surface area contributed by atoms with E-state index in [0.29, 0.717) is 46.4 Å². The minimum atomic E-state index is -0.593. The van der Waals surface area contributed by atoms with E-state index in [1.807, 2.05) is 20.9 Å². The first-order valence-electron chi connectivity index (χ1n) is 17.6. The zero-order valence-corrected chi connectivity index (χ0v) is 31.4. The van der Waals surface area contributed by atoms with Crippen LogP contribution in [0.25, 0.3) is 11.5 Å². The van der Waals surface area contributed by atoms with E-state index in [1.54, 1.807) is 23.4 Å². The van der Waals surface area contributed by atoms with E-state index in [4.69, 9.17) is 29.7 Å². The maximum absolute atomic E-state index is 12.2. The molecule has 3 aromatic heterocycles. The van der Waals surface area contributed by atoms with Crippen LogP contribution in [0.3, 0.4) is 0 Å². The van der Waals surface area contributed by atoms with E-state index in [0.717, 1.165) is 75.1 Å². The number of rotatable bonds is 14. The number of anilines is 2. The van der Waals surface area contributed by atoms with Crippen LogP contribution in [0.2, 0.25) is 0 Å². The van der Waals surface area contributed by atoms with Crippen LogP contribution >= 0.6 is 11.3 Å². The van der Waals surface area contributed by atoms with Crippen molar-refractivity contribution in [1.82, 2.24) is 29.9 Å². The summed E-state index contributed by atoms with van der Waals surface area (Å²) in [5.41, 5.74) is 7.65. The van der Waals surface area contributed by atoms with Crippen molar-refractivity contribution in [1.29, 1.82) is 5.26 Å². The highest BCUT2D eigenvalue weighted by atomic mass is 32.1. The number of methoxy groups -OCH3 is 1. The van der Waals surface area contributed by atoms with Crippen molar-refractivity contribution >= 4 is 35.0 Å². The van der Waals surface area contributed by atoms with E-state index >= 15 is 0 Å². The lowest BCUT2D eigenvalue weighted by molar-refractivity contribution is -0.147. The van der Waals surface area contributed by atoms with E-state index < -0.39 is 11.5 Å². The lowest BCUT2D eigenvalue weighted by Gasteiger charge is -2.30. The highest BCUT2D eigenvalue weighted by Crippen LogP contribution is 2.48. The molecule has 0 amide bonds. The van der Waals surface area contributed by atoms with Crippen LogP contribution in [0.1, 0.15) is 81.7 Å². The second-order valence-corrected chi connectivity index (χ2v) is 15.0. The zero-order valence-electron chi connectivity index (χ0n) is 30.6. The summed E-state index contributed by atoms with van der Waals surface area (Å²) in [7, 11) is 3.20. The number of carbonyl (C=O) groups excluding carboxylic acids is 1. The Hall–Kier alpha value is -4.55. The molecule has 0 spiro atoms. The molecule has 0 saturated carbocycles. The van der Waals surface area contributed by atoms with Crippen molar-refractivity contribution < 1.29 is 18.8 Å². The topological polar surface area (TPSA) is 172 Å². The first kappa shape index (κ1) is 37.7. The van der Waals surface area contributed by atoms with Crippen molar-refractivity contribution in [3.8, 4) is 17.6 Å². The summed E-state index contributed by atoms with van der Waals surface area (Å²) in [6.07, 6.45) is 8.86. The molecule has 1 aliphatic heterocycles. The van der Waals surface area contributed by atoms with Crippen LogP contribution in [-0.2, 0) is 26.1 Å². The molecule has 15 heteroatoms. The number of likely N-dealkylation sites (N-methyl/N-ethyl adjacent to an activating group) is 1. The number of nitriles is 1. The minimum Gasteiger partial charge on any atom is -0.477 e. The van der Waals surface area contributed by atoms with Crippen molar-refractivity contribution in [3.63, 3.8) is 0 Å². The molecule has 0 radical (unpaired) electrons. The number of nitrogens with zero attached hydrogens (tertiary/aromatic N) is 9. The van der Waals surface area contributed by atoms with Gasteiger partial charge in [-0.25, -0.2) is 19.8 Å². The Morgan fingerprint density at radius 3 is 2.86 bits per heavy atom. The van der Waals surface area contributed by atoms with Gasteiger partial charge in [0.15, 0.2) is 0 Å². The maximum Gasteiger partial charge on any atom is 0.328 e. The van der Waals surface area contributed by atoms with Gasteiger partial charge in [-0.3, -0.25) is 0 Å². The minimum absolute atomic E-state index is 0.0535. The van der Waals surface area contributed by atoms with Gasteiger partial charge in [0.25, 0.3) is 0 Å². The Labute approximate surface area is 304 Å². The molecule has 5 rings (SSSR count). The SMILES string of the molecule is C=N/C(=C\N(C)C(C(=O)OC)C(C)C)OCCCCN1CCCN(c2nccc(-c3noc([C@@]4(C)CCCc5sc(N)c(C#N)c54)n3)n2)[C@@H](C)C1. The number of hydrogen-bond acceptors (Lipinski definition) is 15. The van der Waals surface area contributed by atoms with Gasteiger partial charge < -0.3 is 34.4 Å². The Morgan fingerprint density at radius 2 is 2.14 bits per heavy atom. The maximum atomic E-state index is 12.2. The highest BCUT2D eigenvalue weighted by Gasteiger charge is 2.43. The Morgan fingerprint density at radius 1 is 1.33 bits per heavy atom. The second-order valence-electron chi connectivity index (χ2n) is 13.9. The van der Waals surface area contributed by atoms with Crippen LogP contribution in [-0.4, -0.2) is 102 Å². The number of aliphatic imine (C=N–C) groups is 1. The highest BCUT2D eigenvalue weighted by molar-refractivity contribution is 7.16. The van der Waals surface area contributed by atoms with Crippen LogP contribution in [0, 0.1) is 17.2 Å². The molecule has 1 fully saturated rings. The monoisotopic (exact) mass is 718 g/mol. The summed E-state index contributed by atoms with van der Waals surface area (Å²) in [6, 6.07) is 3.85. The number of unbranched alkanes of at least 4 members (excludes halogenated alkanes) is 1. The molecule has 2 aliphatic rings. The molecule has 0 aromatic carbocycles. The summed E-state index contributed by atoms with van der Waals surface area (Å²) in [5.74, 6) is 1.63. The molecule has 1 aliphatic carbocycles. The fraction of sp³-hybridized carbons (Fsp3) is 0.583. The van der Waals surface area contributed by atoms with Gasteiger partial charge in [-0.2, -0.15) is 10.2 Å². The molecule has 3 atom stereocenters. The number of carbonyl (C=O) groups is 1. The molecule has 14 nitrogen and oxygen atoms in total. The first-order valence-corrected chi connectivity index (χ1v) is 18.4. The van der Waals surface area contributed by atoms with Gasteiger partial charge in [0, 0.05) is 42.8 Å². The molecule has 1 saturated heterocycles. The van der Waals surface area contributed by atoms with Gasteiger partial charge in [0.05, 0.1) is 30.9 Å². The summed E-state index contributed by atoms with van der Waals surface area (Å²) < 4.78 is 16.7. The fourth-order valence-electron chi connectivity index (χ4n) is 7.24. The number of nitrogens with two attached hydrogens (primary N) is 1. The van der Waals surface area contributed by atoms with Crippen molar-refractivity contribution in [2.24, 2.45) is 10.9 Å². The van der Waals surface area contributed by atoms with Crippen molar-refractivity contribution in [2.75, 3.05) is 57.6 Å². The van der Waals surface area contributed by atoms with E-state index in [1.165, 1.54) is 18.4 Å². The fourth-order valence-corrected chi connectivity index (χ4v) is 8.43. The van der Waals surface area contributed by atoms with Gasteiger partial charge in [-0.05, 0) is 84.2 Å². The quantitative estimate of drug-likeness (QED) is 0.102. The number of nitrogen functional groups attached to an aromatic ring is 1. The van der Waals surface area contributed by atoms with Crippen molar-refractivity contribution in [3.05, 3.63) is 46.2 Å². The Balaban J connectivity index is 1.16. The number of aromatic nitrogens is 4. The average molecular weight is 719 g/mol. The van der Waals surface area contributed by atoms with Crippen LogP contribution in [0.5, 0.6) is 0 Å². The molecule has 4 heterocycles. The van der Waals surface area contributed by atoms with Crippen LogP contribution in [0.4, 0.5) is 10.9 Å². The first-order chi connectivity index (χ1) is 24.5. The van der Waals surface area contributed by atoms with Crippen LogP contribution < -0.4 is 10.6 Å². The van der Waals surface area contributed by atoms with Gasteiger partial charge in [0.2, 0.25) is 23.5 Å². The van der Waals surface area contributed by atoms with Gasteiger partial charge in [-0.1, -0.05) is 19.0 Å². The predicted octanol–water partition coefficient (Wildman–Crippen LogP) is 5.01. The Bertz CT molecular complexity index is 1750. The number of esters is 1. The number of ether oxygens (including phenoxy) is 2. The average Bonchev–Trinajstić information content (AvgIpc) is 3.69. The summed E-state index contributed by atoms with van der Waals surface area (Å²) in [5, 5.41) is 14.7. The number of hydrogen-bond donors (Lipinski definition) is 1. The summed E-state index contributed by atoms with van der Waals surface area (Å²) in [4.78, 5) is 38.2. The number of thiophene rings is 1. The van der Waals surface area contributed by atoms with Crippen LogP contribution in [0.15, 0.2) is 33.9 Å². The predicted molar refractivity (Wildman–Crippen MR) is 197 cm³/mol. The molecular weight excluding hydrogens is 669 g/mol. The lowest BCUT2D eigenvalue weighted by Crippen LogP contribution is -2.40. The van der Waals surface area contributed by atoms with E-state index in [2.05, 4.69) is 51.6 Å². The second kappa shape index (κ2) is 16.6. The van der Waals surface area contributed by atoms with Gasteiger partial charge >= 0.3 is 5.97 Å². The number of fused-ring (bicyclic) bond motifs is 1. The largest absolute Gasteiger partial charge is 0.477 e. The van der Waals surface area contributed by atoms with Crippen molar-refractivity contribution in [2.45, 2.75) is 83.7 Å². The molecule has 2 N–H and O–H groups in total. The lowest BCUT2D eigenvalue weighted by atomic mass is 9.72. The molecular formula is C36H50N10O4S. The number of aryl methyl sites for hydroxylation is 1. The van der Waals surface area contributed by atoms with Gasteiger partial charge in [-0.15, -0.1) is 11.3 Å². The third kappa shape index (κ3) is 8.34. The zero-order chi connectivity index (χ0) is 36.7. The molecule has 1 unspecified atom stereocenters. The third-order valence-electron chi connectivity index (χ3n) is 9.81.